The number of aromatic nitrogens is 4. The molecule has 0 bridgehead atoms. The number of morpholine rings is 1. The van der Waals surface area contributed by atoms with Crippen molar-refractivity contribution in [3.05, 3.63) is 12.7 Å². The second-order valence-corrected chi connectivity index (χ2v) is 32.0. The summed E-state index contributed by atoms with van der Waals surface area (Å²) in [5.74, 6) is -3.51. The SMILES string of the molecule is CCOC(=O)C(C#N)=NOC1(N(C)C)CN(SCCNC(=O)CCNC(=O)[C@H](O)C(C)(C)COP(=O)(O)OP(=O)(O)OC[C@H]2O[C@@H](n3cnc4c(N)ncnc43)[C@H](O)[C@@H]2OP(=O)(O)O)CCO1.F[P-](F)(F)(F)(F)F.F[P-](F)(F)(F)(F)F.F[P-](F)(F)(F)(F)F.F[P-](F)(F)(F)(F)F.[Re]. The molecule has 575 valence electrons. The number of halogens is 24. The molecule has 4 rings (SSSR count). The van der Waals surface area contributed by atoms with Crippen LogP contribution < -0.4 is 16.4 Å². The standard InChI is InChI=1S/C32H52N11O20P3S.4F6P.Re/c1-6-56-30(48)19(13-33)40-62-32(41(4)5)15-42(10-11-57-32)67-12-9-35-21(44)7-8-36-28(47)25(46)31(2,3)16-59-66(54,55)63-65(52,53)58-14-20-24(61-64(49,50)51)23(45)29(60-20)43-18-39-22-26(34)37-17-38-27(22)43;4*1-7(2,3,4,5)6;/h17-18,20,23-25,29,45-46H,6-12,14-16H2,1-5H3,(H,35,44)(H,36,47)(H,52,53)(H,54,55)(H2,34,37,38)(H2,49,50,51);;;;;/q;4*-1;/t20-,23-,24-,25+,29-,32?;;;;;/m1...../s1. The number of phosphoric ester groups is 3. The zero-order valence-electron chi connectivity index (χ0n) is 47.7. The Bertz CT molecular complexity index is 3110. The minimum Gasteiger partial charge on any atom is 0 e. The van der Waals surface area contributed by atoms with Crippen molar-refractivity contribution in [2.45, 2.75) is 63.7 Å². The Morgan fingerprint density at radius 1 is 0.844 bits per heavy atom. The van der Waals surface area contributed by atoms with E-state index in [1.807, 2.05) is 4.31 Å². The van der Waals surface area contributed by atoms with E-state index in [2.05, 4.69) is 39.6 Å². The number of oxime groups is 1. The topological polar surface area (TPSA) is 434 Å². The third kappa shape index (κ3) is 51.1. The van der Waals surface area contributed by atoms with Gasteiger partial charge in [0.1, 0.15) is 42.3 Å². The molecule has 2 amide bonds. The second kappa shape index (κ2) is 29.7. The Morgan fingerprint density at radius 3 is 1.79 bits per heavy atom. The molecule has 2 saturated heterocycles. The first-order chi connectivity index (χ1) is 41.0. The Hall–Kier alpha value is -3.10. The number of nitriles is 1. The maximum Gasteiger partial charge on any atom is 0 e. The van der Waals surface area contributed by atoms with Gasteiger partial charge in [-0.3, -0.25) is 27.7 Å². The van der Waals surface area contributed by atoms with Crippen LogP contribution in [-0.2, 0) is 85.4 Å². The molecule has 4 heterocycles. The predicted octanol–water partition coefficient (Wildman–Crippen LogP) is 11.6. The van der Waals surface area contributed by atoms with Crippen molar-refractivity contribution in [3.63, 3.8) is 0 Å². The average Bonchev–Trinajstić information content (AvgIpc) is 1.58. The van der Waals surface area contributed by atoms with Gasteiger partial charge >= 0.3 is 167 Å². The van der Waals surface area contributed by atoms with Crippen molar-refractivity contribution in [1.29, 1.82) is 5.26 Å². The summed E-state index contributed by atoms with van der Waals surface area (Å²) in [5.41, 5.74) is 3.62. The molecular weight excluding hydrogens is 1750 g/mol. The normalized spacial score (nSPS) is 23.6. The summed E-state index contributed by atoms with van der Waals surface area (Å²) in [7, 11) is -55.8. The number of nitrogen functional groups attached to an aromatic ring is 1. The van der Waals surface area contributed by atoms with E-state index in [1.165, 1.54) is 25.8 Å². The molecular formula is C32H52F24N11O20P7ReS-4. The van der Waals surface area contributed by atoms with Crippen LogP contribution in [-0.4, -0.2) is 185 Å². The van der Waals surface area contributed by atoms with E-state index in [4.69, 9.17) is 33.8 Å². The van der Waals surface area contributed by atoms with Gasteiger partial charge in [-0.05, 0) is 21.0 Å². The van der Waals surface area contributed by atoms with Gasteiger partial charge < -0.3 is 65.2 Å². The maximum atomic E-state index is 12.8. The van der Waals surface area contributed by atoms with Gasteiger partial charge in [0.15, 0.2) is 17.7 Å². The van der Waals surface area contributed by atoms with Gasteiger partial charge in [0.05, 0.1) is 39.3 Å². The summed E-state index contributed by atoms with van der Waals surface area (Å²) in [5, 5.41) is 39.6. The number of hydrogen-bond acceptors (Lipinski definition) is 25. The molecule has 2 aliphatic heterocycles. The van der Waals surface area contributed by atoms with Crippen molar-refractivity contribution in [3.8, 4) is 6.07 Å². The van der Waals surface area contributed by atoms with Crippen molar-refractivity contribution in [1.82, 2.24) is 39.4 Å². The van der Waals surface area contributed by atoms with Gasteiger partial charge in [0, 0.05) is 57.6 Å². The van der Waals surface area contributed by atoms with E-state index in [1.54, 1.807) is 32.0 Å². The molecule has 2 aromatic heterocycles. The second-order valence-electron chi connectivity index (χ2n) is 18.9. The number of hydrogen-bond donors (Lipinski definition) is 9. The van der Waals surface area contributed by atoms with Gasteiger partial charge in [0.2, 0.25) is 11.8 Å². The maximum absolute atomic E-state index is 12.8. The number of esters is 1. The zero-order valence-corrected chi connectivity index (χ0v) is 57.4. The van der Waals surface area contributed by atoms with Gasteiger partial charge in [-0.25, -0.2) is 42.6 Å². The number of nitrogens with one attached hydrogen (secondary N) is 2. The number of nitrogens with zero attached hydrogens (tertiary/aromatic N) is 8. The molecule has 64 heteroatoms. The van der Waals surface area contributed by atoms with Crippen LogP contribution >= 0.6 is 66.7 Å². The van der Waals surface area contributed by atoms with E-state index >= 15 is 0 Å². The number of ether oxygens (including phenoxy) is 3. The van der Waals surface area contributed by atoms with Gasteiger partial charge in [-0.15, -0.1) is 0 Å². The fourth-order valence-electron chi connectivity index (χ4n) is 5.90. The molecule has 0 spiro atoms. The molecule has 96 heavy (non-hydrogen) atoms. The van der Waals surface area contributed by atoms with E-state index in [0.717, 1.165) is 17.2 Å². The molecule has 1 radical (unpaired) electrons. The van der Waals surface area contributed by atoms with Crippen LogP contribution in [0, 0.1) is 16.7 Å². The van der Waals surface area contributed by atoms with Crippen molar-refractivity contribution in [2.24, 2.45) is 10.6 Å². The summed E-state index contributed by atoms with van der Waals surface area (Å²) in [4.78, 5) is 95.5. The van der Waals surface area contributed by atoms with Gasteiger partial charge in [-0.2, -0.15) is 9.57 Å². The molecule has 8 atom stereocenters. The monoisotopic (exact) mass is 1800 g/mol. The van der Waals surface area contributed by atoms with E-state index < -0.39 is 133 Å². The molecule has 10 N–H and O–H groups in total. The van der Waals surface area contributed by atoms with Crippen LogP contribution in [0.25, 0.3) is 11.2 Å². The summed E-state index contributed by atoms with van der Waals surface area (Å²) >= 11 is 1.35. The van der Waals surface area contributed by atoms with Crippen molar-refractivity contribution in [2.75, 3.05) is 78.2 Å². The molecule has 0 aromatic carbocycles. The number of phosphoric acid groups is 3. The number of carbonyl (C=O) groups excluding carboxylic acids is 3. The predicted molar refractivity (Wildman–Crippen MR) is 281 cm³/mol. The third-order valence-corrected chi connectivity index (χ3v) is 13.5. The summed E-state index contributed by atoms with van der Waals surface area (Å²) < 4.78 is 312. The molecule has 2 fully saturated rings. The Morgan fingerprint density at radius 2 is 1.33 bits per heavy atom. The first-order valence-corrected chi connectivity index (χ1v) is 37.3. The van der Waals surface area contributed by atoms with Crippen LogP contribution in [0.15, 0.2) is 17.8 Å². The van der Waals surface area contributed by atoms with Crippen molar-refractivity contribution >= 4 is 107 Å². The molecule has 3 unspecified atom stereocenters. The number of likely N-dealkylation sites (N-methyl/N-ethyl adjacent to an activating group) is 1. The fourth-order valence-corrected chi connectivity index (χ4v) is 9.64. The Kier molecular flexibility index (Phi) is 29.4. The van der Waals surface area contributed by atoms with Crippen LogP contribution in [0.4, 0.5) is 107 Å². The van der Waals surface area contributed by atoms with Crippen LogP contribution in [0.2, 0.25) is 0 Å². The first-order valence-electron chi connectivity index (χ1n) is 23.7. The third-order valence-electron chi connectivity index (χ3n) is 9.36. The number of carbonyl (C=O) groups is 3. The summed E-state index contributed by atoms with van der Waals surface area (Å²) in [6.45, 7) is 2.79. The summed E-state index contributed by atoms with van der Waals surface area (Å²) in [6, 6.07) is 1.62. The molecule has 0 aliphatic carbocycles. The number of anilines is 1. The van der Waals surface area contributed by atoms with Crippen LogP contribution in [0.3, 0.4) is 0 Å². The van der Waals surface area contributed by atoms with Crippen LogP contribution in [0.1, 0.15) is 33.4 Å². The first kappa shape index (κ1) is 95.0. The molecule has 0 saturated carbocycles. The minimum absolute atomic E-state index is 0. The molecule has 2 aliphatic rings. The quantitative estimate of drug-likeness (QED) is 0.00651. The Labute approximate surface area is 537 Å². The fraction of sp³-hybridized carbons (Fsp3) is 0.688. The Balaban J connectivity index is 0. The smallest absolute Gasteiger partial charge is 0 e. The number of rotatable bonds is 25. The average molecular weight is 1800 g/mol. The zero-order chi connectivity index (χ0) is 75.6. The number of imidazole rings is 1. The number of amides is 2. The number of aliphatic hydroxyl groups is 2. The van der Waals surface area contributed by atoms with Crippen molar-refractivity contribution < 1.29 is 216 Å². The molecule has 31 nitrogen and oxygen atoms in total. The van der Waals surface area contributed by atoms with E-state index in [9.17, 15) is 164 Å². The number of nitrogens with two attached hydrogens (primary N) is 1. The largest absolute Gasteiger partial charge is 0 e. The van der Waals surface area contributed by atoms with Gasteiger partial charge in [-0.1, -0.05) is 31.0 Å². The number of fused-ring (bicyclic) bond motifs is 1. The molecule has 2 aromatic rings. The van der Waals surface area contributed by atoms with Gasteiger partial charge in [0.25, 0.3) is 5.71 Å². The summed E-state index contributed by atoms with van der Waals surface area (Å²) in [6.07, 6.45) is -7.07. The number of aliphatic hydroxyl groups excluding tert-OH is 2. The van der Waals surface area contributed by atoms with E-state index in [0.29, 0.717) is 12.3 Å². The minimum atomic E-state index is -10.7. The van der Waals surface area contributed by atoms with Crippen LogP contribution in [0.5, 0.6) is 0 Å². The van der Waals surface area contributed by atoms with E-state index in [-0.39, 0.29) is 76.7 Å².